The molecule has 3 N–H and O–H groups in total. The molecular weight excluding hydrogens is 274 g/mol. The van der Waals surface area contributed by atoms with Gasteiger partial charge in [-0.25, -0.2) is 0 Å². The number of hydrogen-bond donors (Lipinski definition) is 2. The molecule has 0 atom stereocenters. The number of anilines is 2. The van der Waals surface area contributed by atoms with Crippen molar-refractivity contribution in [3.8, 4) is 0 Å². The number of carbonyl (C=O) groups is 1. The molecular formula is C15H22ClN3O. The van der Waals surface area contributed by atoms with E-state index in [4.69, 9.17) is 17.3 Å². The lowest BCUT2D eigenvalue weighted by atomic mass is 9.94. The summed E-state index contributed by atoms with van der Waals surface area (Å²) in [5, 5.41) is 3.36. The van der Waals surface area contributed by atoms with Crippen molar-refractivity contribution < 1.29 is 4.79 Å². The number of hydrogen-bond acceptors (Lipinski definition) is 3. The van der Waals surface area contributed by atoms with Gasteiger partial charge in [-0.15, -0.1) is 0 Å². The molecule has 0 heterocycles. The van der Waals surface area contributed by atoms with Crippen LogP contribution in [0.4, 0.5) is 11.4 Å². The van der Waals surface area contributed by atoms with E-state index in [-0.39, 0.29) is 5.91 Å². The molecule has 5 heteroatoms. The van der Waals surface area contributed by atoms with Gasteiger partial charge in [0.15, 0.2) is 0 Å². The first-order valence-corrected chi connectivity index (χ1v) is 7.49. The van der Waals surface area contributed by atoms with Crippen LogP contribution in [0, 0.1) is 0 Å². The third-order valence-corrected chi connectivity index (χ3v) is 4.22. The summed E-state index contributed by atoms with van der Waals surface area (Å²) < 4.78 is 0. The molecule has 0 unspecified atom stereocenters. The fourth-order valence-electron chi connectivity index (χ4n) is 2.70. The van der Waals surface area contributed by atoms with E-state index in [9.17, 15) is 4.79 Å². The van der Waals surface area contributed by atoms with Gasteiger partial charge in [-0.3, -0.25) is 9.69 Å². The first kappa shape index (κ1) is 15.1. The average molecular weight is 296 g/mol. The average Bonchev–Trinajstić information content (AvgIpc) is 2.44. The van der Waals surface area contributed by atoms with Crippen LogP contribution in [0.25, 0.3) is 0 Å². The van der Waals surface area contributed by atoms with Gasteiger partial charge in [0.05, 0.1) is 17.3 Å². The van der Waals surface area contributed by atoms with E-state index in [0.717, 1.165) is 0 Å². The summed E-state index contributed by atoms with van der Waals surface area (Å²) in [6.07, 6.45) is 6.24. The molecule has 1 aliphatic carbocycles. The molecule has 4 nitrogen and oxygen atoms in total. The second-order valence-corrected chi connectivity index (χ2v) is 5.90. The summed E-state index contributed by atoms with van der Waals surface area (Å²) in [7, 11) is 2.02. The lowest BCUT2D eigenvalue weighted by Gasteiger charge is -2.30. The number of amides is 1. The van der Waals surface area contributed by atoms with Crippen LogP contribution in [0.5, 0.6) is 0 Å². The predicted octanol–water partition coefficient (Wildman–Crippen LogP) is 3.13. The van der Waals surface area contributed by atoms with Crippen LogP contribution >= 0.6 is 11.6 Å². The van der Waals surface area contributed by atoms with Gasteiger partial charge >= 0.3 is 0 Å². The fraction of sp³-hybridized carbons (Fsp3) is 0.533. The van der Waals surface area contributed by atoms with Crippen LogP contribution in [-0.4, -0.2) is 30.4 Å². The molecule has 0 spiro atoms. The first-order valence-electron chi connectivity index (χ1n) is 7.11. The maximum absolute atomic E-state index is 12.0. The van der Waals surface area contributed by atoms with E-state index >= 15 is 0 Å². The number of rotatable bonds is 4. The quantitative estimate of drug-likeness (QED) is 0.839. The lowest BCUT2D eigenvalue weighted by molar-refractivity contribution is -0.117. The summed E-state index contributed by atoms with van der Waals surface area (Å²) in [4.78, 5) is 14.2. The highest BCUT2D eigenvalue weighted by atomic mass is 35.5. The van der Waals surface area contributed by atoms with Crippen molar-refractivity contribution in [1.82, 2.24) is 4.90 Å². The third-order valence-electron chi connectivity index (χ3n) is 3.87. The highest BCUT2D eigenvalue weighted by Gasteiger charge is 2.19. The molecule has 1 saturated carbocycles. The first-order chi connectivity index (χ1) is 9.56. The number of carbonyl (C=O) groups excluding carboxylic acids is 1. The van der Waals surface area contributed by atoms with E-state index in [0.29, 0.717) is 29.0 Å². The number of nitrogens with zero attached hydrogens (tertiary/aromatic N) is 1. The summed E-state index contributed by atoms with van der Waals surface area (Å²) in [5.74, 6) is -0.0141. The van der Waals surface area contributed by atoms with Gasteiger partial charge in [0.2, 0.25) is 5.91 Å². The number of nitrogens with one attached hydrogen (secondary N) is 1. The molecule has 1 fully saturated rings. The van der Waals surface area contributed by atoms with Crippen molar-refractivity contribution >= 4 is 28.9 Å². The molecule has 20 heavy (non-hydrogen) atoms. The van der Waals surface area contributed by atoms with Crippen LogP contribution in [0.3, 0.4) is 0 Å². The molecule has 0 saturated heterocycles. The largest absolute Gasteiger partial charge is 0.397 e. The fourth-order valence-corrected chi connectivity index (χ4v) is 2.82. The molecule has 0 aromatic heterocycles. The molecule has 1 aromatic carbocycles. The minimum absolute atomic E-state index is 0.0141. The van der Waals surface area contributed by atoms with E-state index in [1.807, 2.05) is 7.05 Å². The summed E-state index contributed by atoms with van der Waals surface area (Å²) in [5.41, 5.74) is 6.89. The molecule has 0 aliphatic heterocycles. The van der Waals surface area contributed by atoms with Crippen molar-refractivity contribution in [3.63, 3.8) is 0 Å². The molecule has 1 aliphatic rings. The zero-order chi connectivity index (χ0) is 14.5. The Bertz CT molecular complexity index is 472. The molecule has 1 amide bonds. The van der Waals surface area contributed by atoms with Gasteiger partial charge in [0, 0.05) is 11.7 Å². The molecule has 2 rings (SSSR count). The predicted molar refractivity (Wildman–Crippen MR) is 84.0 cm³/mol. The SMILES string of the molecule is CN(CC(=O)Nc1ccc(Cl)c(N)c1)C1CCCCC1. The second kappa shape index (κ2) is 6.95. The Labute approximate surface area is 125 Å². The smallest absolute Gasteiger partial charge is 0.238 e. The Hall–Kier alpha value is -1.26. The minimum Gasteiger partial charge on any atom is -0.397 e. The van der Waals surface area contributed by atoms with Gasteiger partial charge in [0.1, 0.15) is 0 Å². The van der Waals surface area contributed by atoms with Crippen LogP contribution < -0.4 is 11.1 Å². The Morgan fingerprint density at radius 3 is 2.75 bits per heavy atom. The van der Waals surface area contributed by atoms with Gasteiger partial charge < -0.3 is 11.1 Å². The number of likely N-dealkylation sites (N-methyl/N-ethyl adjacent to an activating group) is 1. The van der Waals surface area contributed by atoms with Crippen LogP contribution in [0.1, 0.15) is 32.1 Å². The van der Waals surface area contributed by atoms with Crippen molar-refractivity contribution in [1.29, 1.82) is 0 Å². The van der Waals surface area contributed by atoms with Crippen molar-refractivity contribution in [2.24, 2.45) is 0 Å². The Morgan fingerprint density at radius 1 is 1.40 bits per heavy atom. The third kappa shape index (κ3) is 4.12. The topological polar surface area (TPSA) is 58.4 Å². The number of halogens is 1. The van der Waals surface area contributed by atoms with Crippen molar-refractivity contribution in [2.45, 2.75) is 38.1 Å². The molecule has 1 aromatic rings. The zero-order valence-corrected chi connectivity index (χ0v) is 12.6. The highest BCUT2D eigenvalue weighted by molar-refractivity contribution is 6.33. The highest BCUT2D eigenvalue weighted by Crippen LogP contribution is 2.23. The second-order valence-electron chi connectivity index (χ2n) is 5.49. The monoisotopic (exact) mass is 295 g/mol. The standard InChI is InChI=1S/C15H22ClN3O/c1-19(12-5-3-2-4-6-12)10-15(20)18-11-7-8-13(16)14(17)9-11/h7-9,12H,2-6,10,17H2,1H3,(H,18,20). The summed E-state index contributed by atoms with van der Waals surface area (Å²) >= 11 is 5.86. The van der Waals surface area contributed by atoms with Gasteiger partial charge in [-0.05, 0) is 38.1 Å². The maximum atomic E-state index is 12.0. The Morgan fingerprint density at radius 2 is 2.10 bits per heavy atom. The normalized spacial score (nSPS) is 16.4. The van der Waals surface area contributed by atoms with Gasteiger partial charge in [0.25, 0.3) is 0 Å². The van der Waals surface area contributed by atoms with Crippen molar-refractivity contribution in [2.75, 3.05) is 24.6 Å². The van der Waals surface area contributed by atoms with E-state index in [1.54, 1.807) is 18.2 Å². The Kier molecular flexibility index (Phi) is 5.26. The summed E-state index contributed by atoms with van der Waals surface area (Å²) in [6, 6.07) is 5.67. The number of benzene rings is 1. The maximum Gasteiger partial charge on any atom is 0.238 e. The van der Waals surface area contributed by atoms with Crippen molar-refractivity contribution in [3.05, 3.63) is 23.2 Å². The summed E-state index contributed by atoms with van der Waals surface area (Å²) in [6.45, 7) is 0.410. The number of nitrogen functional groups attached to an aromatic ring is 1. The van der Waals surface area contributed by atoms with E-state index in [1.165, 1.54) is 32.1 Å². The number of nitrogens with two attached hydrogens (primary N) is 1. The van der Waals surface area contributed by atoms with E-state index in [2.05, 4.69) is 10.2 Å². The zero-order valence-electron chi connectivity index (χ0n) is 11.9. The van der Waals surface area contributed by atoms with Gasteiger partial charge in [-0.2, -0.15) is 0 Å². The minimum atomic E-state index is -0.0141. The van der Waals surface area contributed by atoms with Crippen LogP contribution in [0.15, 0.2) is 18.2 Å². The lowest BCUT2D eigenvalue weighted by Crippen LogP contribution is -2.39. The Balaban J connectivity index is 1.86. The van der Waals surface area contributed by atoms with Crippen LogP contribution in [-0.2, 0) is 4.79 Å². The molecule has 110 valence electrons. The van der Waals surface area contributed by atoms with E-state index < -0.39 is 0 Å². The van der Waals surface area contributed by atoms with Gasteiger partial charge in [-0.1, -0.05) is 30.9 Å². The molecule has 0 bridgehead atoms. The van der Waals surface area contributed by atoms with Crippen LogP contribution in [0.2, 0.25) is 5.02 Å². The molecule has 0 radical (unpaired) electrons.